The van der Waals surface area contributed by atoms with Crippen LogP contribution < -0.4 is 4.74 Å². The molecule has 0 aliphatic carbocycles. The first-order chi connectivity index (χ1) is 11.7. The van der Waals surface area contributed by atoms with Crippen molar-refractivity contribution in [2.24, 2.45) is 0 Å². The maximum Gasteiger partial charge on any atom is 0.267 e. The van der Waals surface area contributed by atoms with Gasteiger partial charge in [0, 0.05) is 31.6 Å². The van der Waals surface area contributed by atoms with Gasteiger partial charge in [-0.25, -0.2) is 0 Å². The molecule has 0 bridgehead atoms. The van der Waals surface area contributed by atoms with Gasteiger partial charge in [0.05, 0.1) is 11.9 Å². The van der Waals surface area contributed by atoms with Crippen LogP contribution in [0, 0.1) is 6.92 Å². The molecule has 2 aromatic heterocycles. The van der Waals surface area contributed by atoms with Crippen LogP contribution in [0.25, 0.3) is 0 Å². The van der Waals surface area contributed by atoms with Crippen LogP contribution >= 0.6 is 11.5 Å². The van der Waals surface area contributed by atoms with Crippen molar-refractivity contribution >= 4 is 17.4 Å². The molecule has 1 fully saturated rings. The minimum atomic E-state index is 0.0592. The molecule has 1 amide bonds. The van der Waals surface area contributed by atoms with E-state index in [2.05, 4.69) is 21.5 Å². The molecule has 0 spiro atoms. The van der Waals surface area contributed by atoms with E-state index in [-0.39, 0.29) is 12.0 Å². The molecule has 0 radical (unpaired) electrons. The molecule has 24 heavy (non-hydrogen) atoms. The second-order valence-electron chi connectivity index (χ2n) is 6.04. The number of carbonyl (C=O) groups is 1. The Morgan fingerprint density at radius 2 is 2.17 bits per heavy atom. The Balaban J connectivity index is 1.55. The third kappa shape index (κ3) is 3.90. The predicted molar refractivity (Wildman–Crippen MR) is 92.4 cm³/mol. The number of likely N-dealkylation sites (tertiary alicyclic amines) is 1. The van der Waals surface area contributed by atoms with Crippen molar-refractivity contribution in [3.05, 3.63) is 34.6 Å². The Labute approximate surface area is 146 Å². The summed E-state index contributed by atoms with van der Waals surface area (Å²) in [6, 6.07) is 3.89. The highest BCUT2D eigenvalue weighted by Crippen LogP contribution is 2.22. The van der Waals surface area contributed by atoms with Crippen LogP contribution in [-0.2, 0) is 6.42 Å². The second kappa shape index (κ2) is 7.70. The second-order valence-corrected chi connectivity index (χ2v) is 6.80. The normalized spacial score (nSPS) is 15.5. The Hall–Kier alpha value is -2.02. The van der Waals surface area contributed by atoms with Gasteiger partial charge in [0.1, 0.15) is 16.7 Å². The van der Waals surface area contributed by atoms with Gasteiger partial charge in [-0.15, -0.1) is 5.10 Å². The van der Waals surface area contributed by atoms with E-state index in [4.69, 9.17) is 4.74 Å². The minimum Gasteiger partial charge on any atom is -0.489 e. The first kappa shape index (κ1) is 16.8. The van der Waals surface area contributed by atoms with Gasteiger partial charge in [-0.05, 0) is 37.0 Å². The van der Waals surface area contributed by atoms with Crippen molar-refractivity contribution < 1.29 is 9.53 Å². The number of pyridine rings is 1. The molecular formula is C17H22N4O2S. The van der Waals surface area contributed by atoms with Gasteiger partial charge < -0.3 is 9.64 Å². The van der Waals surface area contributed by atoms with Gasteiger partial charge in [-0.3, -0.25) is 9.78 Å². The Morgan fingerprint density at radius 1 is 1.38 bits per heavy atom. The van der Waals surface area contributed by atoms with E-state index in [0.717, 1.165) is 42.8 Å². The molecule has 128 valence electrons. The third-order valence-electron chi connectivity index (χ3n) is 4.15. The molecule has 0 N–H and O–H groups in total. The lowest BCUT2D eigenvalue weighted by molar-refractivity contribution is 0.0598. The number of nitrogens with zero attached hydrogens (tertiary/aromatic N) is 4. The molecule has 0 aromatic carbocycles. The predicted octanol–water partition coefficient (Wildman–Crippen LogP) is 2.88. The Kier molecular flexibility index (Phi) is 5.40. The summed E-state index contributed by atoms with van der Waals surface area (Å²) in [7, 11) is 0. The highest BCUT2D eigenvalue weighted by molar-refractivity contribution is 7.08. The van der Waals surface area contributed by atoms with Crippen molar-refractivity contribution in [1.29, 1.82) is 0 Å². The van der Waals surface area contributed by atoms with Gasteiger partial charge in [-0.1, -0.05) is 17.8 Å². The summed E-state index contributed by atoms with van der Waals surface area (Å²) < 4.78 is 9.92. The number of ether oxygens (including phenoxy) is 1. The van der Waals surface area contributed by atoms with E-state index in [1.807, 2.05) is 24.0 Å². The van der Waals surface area contributed by atoms with Crippen LogP contribution in [0.4, 0.5) is 0 Å². The largest absolute Gasteiger partial charge is 0.489 e. The first-order valence-corrected chi connectivity index (χ1v) is 9.14. The number of piperidine rings is 1. The third-order valence-corrected chi connectivity index (χ3v) is 4.91. The van der Waals surface area contributed by atoms with Crippen LogP contribution in [0.1, 0.15) is 47.2 Å². The molecule has 3 rings (SSSR count). The standard InChI is InChI=1S/C17H22N4O2S/c1-3-4-15-16(24-20-19-15)17(22)21-9-7-13(8-10-21)23-14-6-5-12(2)18-11-14/h5-6,11,13H,3-4,7-10H2,1-2H3. The van der Waals surface area contributed by atoms with E-state index in [1.54, 1.807) is 6.20 Å². The fourth-order valence-corrected chi connectivity index (χ4v) is 3.48. The lowest BCUT2D eigenvalue weighted by atomic mass is 10.1. The maximum atomic E-state index is 12.7. The zero-order valence-electron chi connectivity index (χ0n) is 14.1. The van der Waals surface area contributed by atoms with Crippen molar-refractivity contribution in [2.75, 3.05) is 13.1 Å². The van der Waals surface area contributed by atoms with Gasteiger partial charge in [-0.2, -0.15) is 0 Å². The van der Waals surface area contributed by atoms with Crippen molar-refractivity contribution in [3.63, 3.8) is 0 Å². The number of aryl methyl sites for hydroxylation is 2. The molecule has 0 unspecified atom stereocenters. The highest BCUT2D eigenvalue weighted by atomic mass is 32.1. The topological polar surface area (TPSA) is 68.2 Å². The highest BCUT2D eigenvalue weighted by Gasteiger charge is 2.27. The van der Waals surface area contributed by atoms with E-state index in [0.29, 0.717) is 18.0 Å². The fourth-order valence-electron chi connectivity index (χ4n) is 2.81. The lowest BCUT2D eigenvalue weighted by Crippen LogP contribution is -2.41. The average molecular weight is 346 g/mol. The summed E-state index contributed by atoms with van der Waals surface area (Å²) in [6.07, 6.45) is 5.31. The average Bonchev–Trinajstić information content (AvgIpc) is 3.06. The van der Waals surface area contributed by atoms with E-state index in [1.165, 1.54) is 11.5 Å². The van der Waals surface area contributed by atoms with Crippen LogP contribution in [0.3, 0.4) is 0 Å². The van der Waals surface area contributed by atoms with Crippen molar-refractivity contribution in [2.45, 2.75) is 45.6 Å². The molecule has 0 atom stereocenters. The summed E-state index contributed by atoms with van der Waals surface area (Å²) in [4.78, 5) is 19.5. The molecular weight excluding hydrogens is 324 g/mol. The fraction of sp³-hybridized carbons (Fsp3) is 0.529. The Bertz CT molecular complexity index is 678. The number of hydrogen-bond acceptors (Lipinski definition) is 6. The monoisotopic (exact) mass is 346 g/mol. The van der Waals surface area contributed by atoms with E-state index < -0.39 is 0 Å². The van der Waals surface area contributed by atoms with Gasteiger partial charge in [0.15, 0.2) is 0 Å². The maximum absolute atomic E-state index is 12.7. The summed E-state index contributed by atoms with van der Waals surface area (Å²) in [6.45, 7) is 5.43. The lowest BCUT2D eigenvalue weighted by Gasteiger charge is -2.31. The van der Waals surface area contributed by atoms with Gasteiger partial charge in [0.25, 0.3) is 5.91 Å². The molecule has 1 aliphatic heterocycles. The van der Waals surface area contributed by atoms with Gasteiger partial charge in [0.2, 0.25) is 0 Å². The number of aromatic nitrogens is 3. The zero-order chi connectivity index (χ0) is 16.9. The number of rotatable bonds is 5. The molecule has 1 aliphatic rings. The van der Waals surface area contributed by atoms with Crippen LogP contribution in [0.5, 0.6) is 5.75 Å². The number of carbonyl (C=O) groups excluding carboxylic acids is 1. The molecule has 2 aromatic rings. The zero-order valence-corrected chi connectivity index (χ0v) is 14.9. The van der Waals surface area contributed by atoms with Crippen molar-refractivity contribution in [1.82, 2.24) is 19.5 Å². The summed E-state index contributed by atoms with van der Waals surface area (Å²) in [5.41, 5.74) is 1.81. The summed E-state index contributed by atoms with van der Waals surface area (Å²) >= 11 is 1.20. The van der Waals surface area contributed by atoms with E-state index in [9.17, 15) is 4.79 Å². The van der Waals surface area contributed by atoms with E-state index >= 15 is 0 Å². The van der Waals surface area contributed by atoms with Crippen LogP contribution in [-0.4, -0.2) is 44.6 Å². The molecule has 1 saturated heterocycles. The van der Waals surface area contributed by atoms with Gasteiger partial charge >= 0.3 is 0 Å². The first-order valence-electron chi connectivity index (χ1n) is 8.37. The van der Waals surface area contributed by atoms with Crippen molar-refractivity contribution in [3.8, 4) is 5.75 Å². The molecule has 6 nitrogen and oxygen atoms in total. The quantitative estimate of drug-likeness (QED) is 0.833. The number of hydrogen-bond donors (Lipinski definition) is 0. The molecule has 0 saturated carbocycles. The SMILES string of the molecule is CCCc1nnsc1C(=O)N1CCC(Oc2ccc(C)nc2)CC1. The molecule has 7 heteroatoms. The Morgan fingerprint density at radius 3 is 2.83 bits per heavy atom. The summed E-state index contributed by atoms with van der Waals surface area (Å²) in [5, 5.41) is 4.09. The smallest absolute Gasteiger partial charge is 0.267 e. The van der Waals surface area contributed by atoms with Crippen LogP contribution in [0.15, 0.2) is 18.3 Å². The molecule has 3 heterocycles. The summed E-state index contributed by atoms with van der Waals surface area (Å²) in [5.74, 6) is 0.853. The minimum absolute atomic E-state index is 0.0592. The number of amides is 1. The van der Waals surface area contributed by atoms with Crippen LogP contribution in [0.2, 0.25) is 0 Å².